The number of aromatic nitrogens is 2. The molecule has 3 aromatic rings. The highest BCUT2D eigenvalue weighted by Gasteiger charge is 2.33. The minimum atomic E-state index is -0.675. The highest BCUT2D eigenvalue weighted by Crippen LogP contribution is 2.28. The van der Waals surface area contributed by atoms with Gasteiger partial charge in [-0.2, -0.15) is 0 Å². The van der Waals surface area contributed by atoms with Gasteiger partial charge in [0, 0.05) is 5.39 Å². The number of nitrogens with zero attached hydrogens (tertiary/aromatic N) is 2. The van der Waals surface area contributed by atoms with E-state index in [9.17, 15) is 9.59 Å². The van der Waals surface area contributed by atoms with E-state index in [1.165, 1.54) is 4.57 Å². The van der Waals surface area contributed by atoms with Crippen LogP contribution in [0.1, 0.15) is 17.0 Å². The van der Waals surface area contributed by atoms with Gasteiger partial charge in [0.05, 0.1) is 24.7 Å². The van der Waals surface area contributed by atoms with Gasteiger partial charge in [-0.3, -0.25) is 9.59 Å². The lowest BCUT2D eigenvalue weighted by Crippen LogP contribution is -2.33. The van der Waals surface area contributed by atoms with E-state index in [1.807, 2.05) is 24.3 Å². The Hall–Kier alpha value is -3.00. The first-order valence-electron chi connectivity index (χ1n) is 7.75. The van der Waals surface area contributed by atoms with Crippen molar-refractivity contribution >= 4 is 40.8 Å². The largest absolute Gasteiger partial charge is 0.467 e. The molecule has 7 nitrogen and oxygen atoms in total. The molecule has 1 amide bonds. The molecular weight excluding hydrogens is 340 g/mol. The Kier molecular flexibility index (Phi) is 3.81. The third-order valence-electron chi connectivity index (χ3n) is 4.05. The molecule has 1 aromatic carbocycles. The molecule has 0 fully saturated rings. The number of anilines is 1. The molecule has 0 saturated heterocycles. The number of carbonyl (C=O) groups is 2. The van der Waals surface area contributed by atoms with Gasteiger partial charge >= 0.3 is 0 Å². The second-order valence-corrected chi connectivity index (χ2v) is 6.06. The Morgan fingerprint density at radius 1 is 1.32 bits per heavy atom. The van der Waals surface area contributed by atoms with Crippen LogP contribution in [0.25, 0.3) is 10.9 Å². The first-order chi connectivity index (χ1) is 12.1. The Morgan fingerprint density at radius 3 is 2.96 bits per heavy atom. The standard InChI is InChI=1S/C17H14N4O3S/c22-14(18-9-10-4-3-7-24-10)8-13-16(23)21-15(19-13)11-5-1-2-6-12(11)20-17(21)25/h1-7,13,19H,8-9H2,(H,18,22)/t13-/m1/s1. The molecular formula is C17H14N4O3S. The molecule has 4 rings (SSSR count). The van der Waals surface area contributed by atoms with Crippen LogP contribution in [0.15, 0.2) is 47.1 Å². The number of carbonyl (C=O) groups excluding carboxylic acids is 2. The topological polar surface area (TPSA) is 89.2 Å². The number of fused-ring (bicyclic) bond motifs is 3. The van der Waals surface area contributed by atoms with Crippen molar-refractivity contribution in [1.82, 2.24) is 14.9 Å². The summed E-state index contributed by atoms with van der Waals surface area (Å²) < 4.78 is 6.71. The Labute approximate surface area is 147 Å². The van der Waals surface area contributed by atoms with Crippen LogP contribution in [0.5, 0.6) is 0 Å². The second kappa shape index (κ2) is 6.14. The lowest BCUT2D eigenvalue weighted by molar-refractivity contribution is -0.121. The van der Waals surface area contributed by atoms with Gasteiger partial charge in [-0.1, -0.05) is 12.1 Å². The van der Waals surface area contributed by atoms with Gasteiger partial charge in [-0.25, -0.2) is 9.55 Å². The molecule has 25 heavy (non-hydrogen) atoms. The van der Waals surface area contributed by atoms with Crippen molar-refractivity contribution < 1.29 is 14.0 Å². The van der Waals surface area contributed by atoms with Crippen molar-refractivity contribution in [2.24, 2.45) is 0 Å². The quantitative estimate of drug-likeness (QED) is 0.700. The highest BCUT2D eigenvalue weighted by molar-refractivity contribution is 7.71. The fraction of sp³-hybridized carbons (Fsp3) is 0.176. The normalized spacial score (nSPS) is 15.8. The summed E-state index contributed by atoms with van der Waals surface area (Å²) in [7, 11) is 0. The molecule has 1 aliphatic rings. The molecule has 1 atom stereocenters. The zero-order valence-electron chi connectivity index (χ0n) is 13.1. The van der Waals surface area contributed by atoms with Gasteiger partial charge in [-0.05, 0) is 36.5 Å². The summed E-state index contributed by atoms with van der Waals surface area (Å²) >= 11 is 5.23. The molecule has 0 aliphatic carbocycles. The highest BCUT2D eigenvalue weighted by atomic mass is 32.1. The van der Waals surface area contributed by atoms with Gasteiger partial charge in [-0.15, -0.1) is 0 Å². The molecule has 0 unspecified atom stereocenters. The summed E-state index contributed by atoms with van der Waals surface area (Å²) in [6, 6.07) is 10.3. The number of benzene rings is 1. The van der Waals surface area contributed by atoms with Crippen LogP contribution in [0.3, 0.4) is 0 Å². The van der Waals surface area contributed by atoms with Gasteiger partial charge in [0.15, 0.2) is 0 Å². The van der Waals surface area contributed by atoms with Crippen molar-refractivity contribution in [1.29, 1.82) is 0 Å². The molecule has 8 heteroatoms. The number of nitrogens with one attached hydrogen (secondary N) is 2. The molecule has 2 aromatic heterocycles. The maximum atomic E-state index is 12.6. The lowest BCUT2D eigenvalue weighted by Gasteiger charge is -2.09. The predicted molar refractivity (Wildman–Crippen MR) is 93.8 cm³/mol. The molecule has 2 N–H and O–H groups in total. The third kappa shape index (κ3) is 2.80. The van der Waals surface area contributed by atoms with E-state index in [0.29, 0.717) is 17.1 Å². The minimum absolute atomic E-state index is 0.00429. The van der Waals surface area contributed by atoms with Crippen LogP contribution in [0, 0.1) is 4.77 Å². The van der Waals surface area contributed by atoms with E-state index < -0.39 is 6.04 Å². The average molecular weight is 354 g/mol. The van der Waals surface area contributed by atoms with Crippen LogP contribution in [0.2, 0.25) is 0 Å². The van der Waals surface area contributed by atoms with E-state index in [0.717, 1.165) is 5.39 Å². The fourth-order valence-electron chi connectivity index (χ4n) is 2.86. The lowest BCUT2D eigenvalue weighted by atomic mass is 10.2. The van der Waals surface area contributed by atoms with Crippen LogP contribution < -0.4 is 10.6 Å². The fourth-order valence-corrected chi connectivity index (χ4v) is 3.14. The molecule has 126 valence electrons. The monoisotopic (exact) mass is 354 g/mol. The van der Waals surface area contributed by atoms with Gasteiger partial charge < -0.3 is 15.1 Å². The van der Waals surface area contributed by atoms with Crippen molar-refractivity contribution in [2.75, 3.05) is 5.32 Å². The van der Waals surface area contributed by atoms with E-state index in [1.54, 1.807) is 18.4 Å². The van der Waals surface area contributed by atoms with Gasteiger partial charge in [0.25, 0.3) is 5.91 Å². The maximum absolute atomic E-state index is 12.6. The number of amides is 1. The number of furan rings is 1. The van der Waals surface area contributed by atoms with E-state index >= 15 is 0 Å². The number of hydrogen-bond acceptors (Lipinski definition) is 6. The number of hydrogen-bond donors (Lipinski definition) is 2. The van der Waals surface area contributed by atoms with Crippen molar-refractivity contribution in [3.8, 4) is 0 Å². The Morgan fingerprint density at radius 2 is 2.16 bits per heavy atom. The summed E-state index contributed by atoms with van der Waals surface area (Å²) in [6.45, 7) is 0.281. The van der Waals surface area contributed by atoms with Crippen molar-refractivity contribution in [3.05, 3.63) is 53.2 Å². The van der Waals surface area contributed by atoms with Gasteiger partial charge in [0.2, 0.25) is 10.7 Å². The summed E-state index contributed by atoms with van der Waals surface area (Å²) in [4.78, 5) is 29.1. The van der Waals surface area contributed by atoms with Crippen LogP contribution >= 0.6 is 12.2 Å². The average Bonchev–Trinajstić information content (AvgIpc) is 3.22. The predicted octanol–water partition coefficient (Wildman–Crippen LogP) is 2.50. The van der Waals surface area contributed by atoms with E-state index in [4.69, 9.17) is 16.6 Å². The zero-order valence-corrected chi connectivity index (χ0v) is 13.9. The minimum Gasteiger partial charge on any atom is -0.467 e. The molecule has 0 radical (unpaired) electrons. The molecule has 0 bridgehead atoms. The maximum Gasteiger partial charge on any atom is 0.257 e. The smallest absolute Gasteiger partial charge is 0.257 e. The van der Waals surface area contributed by atoms with Crippen molar-refractivity contribution in [2.45, 2.75) is 19.0 Å². The van der Waals surface area contributed by atoms with Crippen molar-refractivity contribution in [3.63, 3.8) is 0 Å². The molecule has 1 aliphatic heterocycles. The van der Waals surface area contributed by atoms with E-state index in [2.05, 4.69) is 15.6 Å². The molecule has 0 spiro atoms. The summed E-state index contributed by atoms with van der Waals surface area (Å²) in [5, 5.41) is 6.64. The zero-order chi connectivity index (χ0) is 17.4. The van der Waals surface area contributed by atoms with Crippen LogP contribution in [-0.2, 0) is 11.3 Å². The number of rotatable bonds is 4. The third-order valence-corrected chi connectivity index (χ3v) is 4.32. The first kappa shape index (κ1) is 15.5. The first-order valence-corrected chi connectivity index (χ1v) is 8.16. The SMILES string of the molecule is O=C(C[C@H]1Nc2c3ccccc3nc(=S)n2C1=O)NCc1ccco1. The van der Waals surface area contributed by atoms with Crippen LogP contribution in [-0.4, -0.2) is 27.4 Å². The Balaban J connectivity index is 1.54. The molecule has 3 heterocycles. The summed E-state index contributed by atoms with van der Waals surface area (Å²) in [5.41, 5.74) is 0.710. The van der Waals surface area contributed by atoms with Gasteiger partial charge in [0.1, 0.15) is 17.6 Å². The van der Waals surface area contributed by atoms with Crippen LogP contribution in [0.4, 0.5) is 5.82 Å². The summed E-state index contributed by atoms with van der Waals surface area (Å²) in [5.74, 6) is 0.717. The number of para-hydroxylation sites is 1. The summed E-state index contributed by atoms with van der Waals surface area (Å²) in [6.07, 6.45) is 1.55. The second-order valence-electron chi connectivity index (χ2n) is 5.69. The Bertz CT molecular complexity index is 1030. The van der Waals surface area contributed by atoms with E-state index in [-0.39, 0.29) is 29.6 Å². The molecule has 0 saturated carbocycles.